The number of thioether (sulfide) groups is 1. The van der Waals surface area contributed by atoms with Gasteiger partial charge in [-0.15, -0.1) is 10.2 Å². The zero-order valence-electron chi connectivity index (χ0n) is 11.9. The molecular weight excluding hydrogens is 270 g/mol. The molecule has 1 heterocycles. The first-order valence-electron chi connectivity index (χ1n) is 6.75. The smallest absolute Gasteiger partial charge is 0.222 e. The molecule has 0 amide bonds. The number of rotatable bonds is 6. The molecule has 0 unspecified atom stereocenters. The second-order valence-electron chi connectivity index (χ2n) is 5.00. The molecule has 20 heavy (non-hydrogen) atoms. The van der Waals surface area contributed by atoms with Gasteiger partial charge < -0.3 is 11.5 Å². The molecule has 5 nitrogen and oxygen atoms in total. The van der Waals surface area contributed by atoms with E-state index in [0.29, 0.717) is 5.95 Å². The van der Waals surface area contributed by atoms with Crippen molar-refractivity contribution in [3.05, 3.63) is 29.8 Å². The number of hydrogen-bond acceptors (Lipinski definition) is 5. The minimum absolute atomic E-state index is 0.282. The SMILES string of the molecule is CC(C)n1c(N)nnc1SCCCc1ccc(N)cc1. The molecule has 0 saturated carbocycles. The van der Waals surface area contributed by atoms with Crippen LogP contribution in [-0.4, -0.2) is 20.5 Å². The lowest BCUT2D eigenvalue weighted by molar-refractivity contribution is 0.557. The number of nitrogens with zero attached hydrogens (tertiary/aromatic N) is 3. The van der Waals surface area contributed by atoms with Crippen LogP contribution in [0.25, 0.3) is 0 Å². The molecule has 0 aliphatic heterocycles. The molecule has 6 heteroatoms. The standard InChI is InChI=1S/C14H21N5S/c1-10(2)19-13(16)17-18-14(19)20-9-3-4-11-5-7-12(15)8-6-11/h5-8,10H,3-4,9,15H2,1-2H3,(H2,16,17). The fourth-order valence-electron chi connectivity index (χ4n) is 2.00. The van der Waals surface area contributed by atoms with Crippen LogP contribution in [-0.2, 0) is 6.42 Å². The van der Waals surface area contributed by atoms with Crippen molar-refractivity contribution in [2.45, 2.75) is 37.9 Å². The first-order chi connectivity index (χ1) is 9.58. The highest BCUT2D eigenvalue weighted by molar-refractivity contribution is 7.99. The molecule has 0 bridgehead atoms. The molecule has 2 rings (SSSR count). The predicted molar refractivity (Wildman–Crippen MR) is 84.7 cm³/mol. The van der Waals surface area contributed by atoms with E-state index in [4.69, 9.17) is 11.5 Å². The van der Waals surface area contributed by atoms with Gasteiger partial charge in [-0.25, -0.2) is 0 Å². The Morgan fingerprint density at radius 2 is 1.85 bits per heavy atom. The highest BCUT2D eigenvalue weighted by Gasteiger charge is 2.12. The molecule has 4 N–H and O–H groups in total. The summed E-state index contributed by atoms with van der Waals surface area (Å²) < 4.78 is 1.97. The van der Waals surface area contributed by atoms with Gasteiger partial charge in [-0.05, 0) is 44.4 Å². The third-order valence-electron chi connectivity index (χ3n) is 3.03. The maximum Gasteiger partial charge on any atom is 0.222 e. The number of benzene rings is 1. The summed E-state index contributed by atoms with van der Waals surface area (Å²) in [6.45, 7) is 4.16. The molecule has 2 aromatic rings. The molecule has 0 aliphatic rings. The Balaban J connectivity index is 1.83. The fraction of sp³-hybridized carbons (Fsp3) is 0.429. The van der Waals surface area contributed by atoms with E-state index >= 15 is 0 Å². The lowest BCUT2D eigenvalue weighted by atomic mass is 10.1. The Bertz CT molecular complexity index is 547. The Morgan fingerprint density at radius 3 is 2.50 bits per heavy atom. The average Bonchev–Trinajstić information content (AvgIpc) is 2.78. The Kier molecular flexibility index (Phi) is 4.89. The lowest BCUT2D eigenvalue weighted by Gasteiger charge is -2.11. The zero-order chi connectivity index (χ0) is 14.5. The van der Waals surface area contributed by atoms with E-state index in [9.17, 15) is 0 Å². The molecule has 1 aromatic carbocycles. The highest BCUT2D eigenvalue weighted by Crippen LogP contribution is 2.23. The molecule has 1 aromatic heterocycles. The van der Waals surface area contributed by atoms with Crippen LogP contribution in [0.5, 0.6) is 0 Å². The van der Waals surface area contributed by atoms with E-state index in [2.05, 4.69) is 36.2 Å². The van der Waals surface area contributed by atoms with Crippen molar-refractivity contribution in [3.8, 4) is 0 Å². The van der Waals surface area contributed by atoms with E-state index in [1.807, 2.05) is 16.7 Å². The molecule has 0 spiro atoms. The topological polar surface area (TPSA) is 82.8 Å². The minimum Gasteiger partial charge on any atom is -0.399 e. The summed E-state index contributed by atoms with van der Waals surface area (Å²) in [7, 11) is 0. The van der Waals surface area contributed by atoms with Gasteiger partial charge in [-0.1, -0.05) is 23.9 Å². The normalized spacial score (nSPS) is 11.2. The second kappa shape index (κ2) is 6.65. The van der Waals surface area contributed by atoms with Crippen LogP contribution in [0.3, 0.4) is 0 Å². The number of nitrogen functional groups attached to an aromatic ring is 2. The number of aryl methyl sites for hydroxylation is 1. The number of aromatic nitrogens is 3. The van der Waals surface area contributed by atoms with Crippen molar-refractivity contribution < 1.29 is 0 Å². The molecular formula is C14H21N5S. The molecule has 108 valence electrons. The number of nitrogens with two attached hydrogens (primary N) is 2. The quantitative estimate of drug-likeness (QED) is 0.486. The van der Waals surface area contributed by atoms with Crippen molar-refractivity contribution in [3.63, 3.8) is 0 Å². The monoisotopic (exact) mass is 291 g/mol. The average molecular weight is 291 g/mol. The Hall–Kier alpha value is -1.69. The summed E-state index contributed by atoms with van der Waals surface area (Å²) in [6.07, 6.45) is 2.12. The van der Waals surface area contributed by atoms with E-state index in [-0.39, 0.29) is 6.04 Å². The van der Waals surface area contributed by atoms with Crippen LogP contribution >= 0.6 is 11.8 Å². The van der Waals surface area contributed by atoms with Gasteiger partial charge in [-0.2, -0.15) is 0 Å². The van der Waals surface area contributed by atoms with E-state index < -0.39 is 0 Å². The molecule has 0 aliphatic carbocycles. The second-order valence-corrected chi connectivity index (χ2v) is 6.06. The molecule has 0 atom stereocenters. The van der Waals surface area contributed by atoms with E-state index in [1.165, 1.54) is 5.56 Å². The minimum atomic E-state index is 0.282. The van der Waals surface area contributed by atoms with E-state index in [0.717, 1.165) is 29.4 Å². The van der Waals surface area contributed by atoms with Crippen molar-refractivity contribution in [1.82, 2.24) is 14.8 Å². The highest BCUT2D eigenvalue weighted by atomic mass is 32.2. The van der Waals surface area contributed by atoms with Crippen molar-refractivity contribution in [2.24, 2.45) is 0 Å². The predicted octanol–water partition coefficient (Wildman–Crippen LogP) is 2.75. The summed E-state index contributed by atoms with van der Waals surface area (Å²) in [5.41, 5.74) is 13.6. The molecule has 0 fully saturated rings. The van der Waals surface area contributed by atoms with Gasteiger partial charge in [0, 0.05) is 17.5 Å². The van der Waals surface area contributed by atoms with Crippen molar-refractivity contribution >= 4 is 23.4 Å². The van der Waals surface area contributed by atoms with Gasteiger partial charge in [-0.3, -0.25) is 4.57 Å². The summed E-state index contributed by atoms with van der Waals surface area (Å²) in [5, 5.41) is 8.97. The molecule has 0 radical (unpaired) electrons. The van der Waals surface area contributed by atoms with Crippen molar-refractivity contribution in [2.75, 3.05) is 17.2 Å². The Morgan fingerprint density at radius 1 is 1.15 bits per heavy atom. The van der Waals surface area contributed by atoms with Gasteiger partial charge in [0.2, 0.25) is 5.95 Å². The van der Waals surface area contributed by atoms with Gasteiger partial charge in [0.25, 0.3) is 0 Å². The van der Waals surface area contributed by atoms with Crippen LogP contribution in [0.2, 0.25) is 0 Å². The zero-order valence-corrected chi connectivity index (χ0v) is 12.7. The largest absolute Gasteiger partial charge is 0.399 e. The van der Waals surface area contributed by atoms with Gasteiger partial charge in [0.05, 0.1) is 0 Å². The van der Waals surface area contributed by atoms with Gasteiger partial charge >= 0.3 is 0 Å². The third-order valence-corrected chi connectivity index (χ3v) is 4.06. The van der Waals surface area contributed by atoms with Crippen LogP contribution in [0.15, 0.2) is 29.4 Å². The van der Waals surface area contributed by atoms with Crippen LogP contribution in [0.1, 0.15) is 31.9 Å². The first-order valence-corrected chi connectivity index (χ1v) is 7.74. The first kappa shape index (κ1) is 14.7. The summed E-state index contributed by atoms with van der Waals surface area (Å²) in [5.74, 6) is 1.48. The summed E-state index contributed by atoms with van der Waals surface area (Å²) >= 11 is 1.70. The maximum absolute atomic E-state index is 5.82. The molecule has 0 saturated heterocycles. The van der Waals surface area contributed by atoms with Crippen molar-refractivity contribution in [1.29, 1.82) is 0 Å². The number of hydrogen-bond donors (Lipinski definition) is 2. The van der Waals surface area contributed by atoms with Gasteiger partial charge in [0.15, 0.2) is 5.16 Å². The van der Waals surface area contributed by atoms with Crippen LogP contribution < -0.4 is 11.5 Å². The Labute approximate surface area is 123 Å². The van der Waals surface area contributed by atoms with Gasteiger partial charge in [0.1, 0.15) is 0 Å². The van der Waals surface area contributed by atoms with Crippen LogP contribution in [0.4, 0.5) is 11.6 Å². The third kappa shape index (κ3) is 3.66. The van der Waals surface area contributed by atoms with E-state index in [1.54, 1.807) is 11.8 Å². The van der Waals surface area contributed by atoms with Crippen LogP contribution in [0, 0.1) is 0 Å². The fourth-order valence-corrected chi connectivity index (χ4v) is 3.01. The summed E-state index contributed by atoms with van der Waals surface area (Å²) in [4.78, 5) is 0. The number of anilines is 2. The lowest BCUT2D eigenvalue weighted by Crippen LogP contribution is -2.07. The summed E-state index contributed by atoms with van der Waals surface area (Å²) in [6, 6.07) is 8.32. The maximum atomic E-state index is 5.82.